The minimum atomic E-state index is -3.19. The zero-order chi connectivity index (χ0) is 28.4. The lowest BCUT2D eigenvalue weighted by Crippen LogP contribution is -2.48. The molecule has 0 fully saturated rings. The summed E-state index contributed by atoms with van der Waals surface area (Å²) in [4.78, 5) is 7.15. The molecule has 14 heteroatoms. The van der Waals surface area contributed by atoms with Crippen molar-refractivity contribution in [1.29, 1.82) is 0 Å². The average molecular weight is 680 g/mol. The minimum Gasteiger partial charge on any atom is -0.478 e. The van der Waals surface area contributed by atoms with Crippen molar-refractivity contribution in [3.8, 4) is 0 Å². The zero-order valence-corrected chi connectivity index (χ0v) is 22.9. The average Bonchev–Trinajstić information content (AvgIpc) is 2.85. The first kappa shape index (κ1) is 30.3. The molecular formula is C24H20Br2F8N2O2. The van der Waals surface area contributed by atoms with Gasteiger partial charge in [-0.1, -0.05) is 31.9 Å². The van der Waals surface area contributed by atoms with Gasteiger partial charge < -0.3 is 9.47 Å². The van der Waals surface area contributed by atoms with E-state index in [2.05, 4.69) is 41.8 Å². The molecule has 0 spiro atoms. The molecule has 208 valence electrons. The monoisotopic (exact) mass is 678 g/mol. The summed E-state index contributed by atoms with van der Waals surface area (Å²) < 4.78 is 120. The van der Waals surface area contributed by atoms with Crippen molar-refractivity contribution < 1.29 is 44.6 Å². The van der Waals surface area contributed by atoms with Crippen LogP contribution in [0.25, 0.3) is 0 Å². The fourth-order valence-electron chi connectivity index (χ4n) is 4.04. The van der Waals surface area contributed by atoms with Gasteiger partial charge in [0.2, 0.25) is 0 Å². The minimum absolute atomic E-state index is 0.0893. The SMILES string of the molecule is CC1=N[C@@](c2cc(Br)ccc2F)(C(F)F)[C@@H](F)CO1.CC1=N[C@@](c2cc(Br)ccc2F)(C(F)F)[C@H](F)CO1. The first-order valence-electron chi connectivity index (χ1n) is 10.9. The number of hydrogen-bond acceptors (Lipinski definition) is 4. The summed E-state index contributed by atoms with van der Waals surface area (Å²) >= 11 is 6.12. The molecule has 0 bridgehead atoms. The van der Waals surface area contributed by atoms with Crippen molar-refractivity contribution in [3.05, 3.63) is 68.1 Å². The van der Waals surface area contributed by atoms with Gasteiger partial charge in [-0.25, -0.2) is 45.1 Å². The lowest BCUT2D eigenvalue weighted by molar-refractivity contribution is -0.0300. The second kappa shape index (κ2) is 11.9. The Balaban J connectivity index is 0.000000211. The molecule has 2 aliphatic heterocycles. The van der Waals surface area contributed by atoms with Crippen LogP contribution in [0.5, 0.6) is 0 Å². The quantitative estimate of drug-likeness (QED) is 0.312. The predicted octanol–water partition coefficient (Wildman–Crippen LogP) is 7.67. The summed E-state index contributed by atoms with van der Waals surface area (Å²) in [6.07, 6.45) is -10.6. The van der Waals surface area contributed by atoms with E-state index in [1.54, 1.807) is 0 Å². The van der Waals surface area contributed by atoms with E-state index >= 15 is 0 Å². The van der Waals surface area contributed by atoms with Crippen LogP contribution in [0.4, 0.5) is 35.1 Å². The number of rotatable bonds is 4. The zero-order valence-electron chi connectivity index (χ0n) is 19.7. The number of benzene rings is 2. The Bertz CT molecular complexity index is 1140. The third-order valence-electron chi connectivity index (χ3n) is 5.90. The fourth-order valence-corrected chi connectivity index (χ4v) is 4.76. The number of ether oxygens (including phenoxy) is 2. The molecule has 38 heavy (non-hydrogen) atoms. The van der Waals surface area contributed by atoms with Crippen LogP contribution in [0.15, 0.2) is 55.3 Å². The molecule has 0 N–H and O–H groups in total. The molecule has 0 saturated carbocycles. The van der Waals surface area contributed by atoms with Gasteiger partial charge >= 0.3 is 0 Å². The Morgan fingerprint density at radius 2 is 1.08 bits per heavy atom. The van der Waals surface area contributed by atoms with Crippen molar-refractivity contribution in [2.24, 2.45) is 9.98 Å². The van der Waals surface area contributed by atoms with E-state index in [-0.39, 0.29) is 11.8 Å². The molecule has 2 aliphatic rings. The van der Waals surface area contributed by atoms with E-state index in [4.69, 9.17) is 9.47 Å². The molecule has 2 heterocycles. The highest BCUT2D eigenvalue weighted by molar-refractivity contribution is 9.10. The summed E-state index contributed by atoms with van der Waals surface area (Å²) in [5.74, 6) is -2.03. The van der Waals surface area contributed by atoms with E-state index in [1.807, 2.05) is 0 Å². The molecule has 2 aromatic rings. The largest absolute Gasteiger partial charge is 0.478 e. The Morgan fingerprint density at radius 3 is 1.39 bits per heavy atom. The van der Waals surface area contributed by atoms with Gasteiger partial charge in [0.1, 0.15) is 24.8 Å². The molecule has 0 aliphatic carbocycles. The highest BCUT2D eigenvalue weighted by Gasteiger charge is 2.54. The summed E-state index contributed by atoms with van der Waals surface area (Å²) in [6.45, 7) is 1.51. The number of hydrogen-bond donors (Lipinski definition) is 0. The van der Waals surface area contributed by atoms with Crippen molar-refractivity contribution in [2.75, 3.05) is 13.2 Å². The maximum atomic E-state index is 14.0. The van der Waals surface area contributed by atoms with Gasteiger partial charge in [0, 0.05) is 33.9 Å². The van der Waals surface area contributed by atoms with Crippen LogP contribution in [0.1, 0.15) is 25.0 Å². The normalized spacial score (nSPS) is 27.1. The highest BCUT2D eigenvalue weighted by Crippen LogP contribution is 2.43. The van der Waals surface area contributed by atoms with Gasteiger partial charge in [-0.3, -0.25) is 0 Å². The number of halogens is 10. The van der Waals surface area contributed by atoms with Crippen LogP contribution in [0, 0.1) is 11.6 Å². The molecule has 4 nitrogen and oxygen atoms in total. The Morgan fingerprint density at radius 1 is 0.737 bits per heavy atom. The van der Waals surface area contributed by atoms with E-state index in [9.17, 15) is 35.1 Å². The molecule has 0 saturated heterocycles. The third-order valence-corrected chi connectivity index (χ3v) is 6.89. The van der Waals surface area contributed by atoms with Crippen molar-refractivity contribution >= 4 is 43.7 Å². The topological polar surface area (TPSA) is 43.2 Å². The number of alkyl halides is 6. The molecule has 0 amide bonds. The molecule has 4 rings (SSSR count). The van der Waals surface area contributed by atoms with Crippen LogP contribution < -0.4 is 0 Å². The van der Waals surface area contributed by atoms with Crippen LogP contribution in [0.2, 0.25) is 0 Å². The van der Waals surface area contributed by atoms with Crippen molar-refractivity contribution in [2.45, 2.75) is 50.1 Å². The summed E-state index contributed by atoms with van der Waals surface area (Å²) in [5.41, 5.74) is -6.08. The van der Waals surface area contributed by atoms with E-state index < -0.39 is 72.2 Å². The van der Waals surface area contributed by atoms with Crippen LogP contribution in [-0.2, 0) is 20.6 Å². The van der Waals surface area contributed by atoms with Crippen molar-refractivity contribution in [1.82, 2.24) is 0 Å². The van der Waals surface area contributed by atoms with Crippen molar-refractivity contribution in [3.63, 3.8) is 0 Å². The second-order valence-corrected chi connectivity index (χ2v) is 10.2. The van der Waals surface area contributed by atoms with Gasteiger partial charge in [0.25, 0.3) is 12.9 Å². The Kier molecular flexibility index (Phi) is 9.49. The molecule has 0 aromatic heterocycles. The smallest absolute Gasteiger partial charge is 0.270 e. The maximum Gasteiger partial charge on any atom is 0.270 e. The van der Waals surface area contributed by atoms with Crippen LogP contribution in [0.3, 0.4) is 0 Å². The lowest BCUT2D eigenvalue weighted by Gasteiger charge is -2.36. The summed E-state index contributed by atoms with van der Waals surface area (Å²) in [7, 11) is 0. The Labute approximate surface area is 229 Å². The standard InChI is InChI=1S/2C12H10BrF4NO/c2*1-6-18-12(11(16)17,10(15)5-19-6)8-4-7(13)2-3-9(8)14/h2*2-4,10-11H,5H2,1H3/t10-,12+;10-,12-/m01/s1. The number of nitrogens with zero attached hydrogens (tertiary/aromatic N) is 2. The van der Waals surface area contributed by atoms with E-state index in [0.29, 0.717) is 8.95 Å². The lowest BCUT2D eigenvalue weighted by atomic mass is 9.85. The van der Waals surface area contributed by atoms with Gasteiger partial charge in [0.15, 0.2) is 35.2 Å². The van der Waals surface area contributed by atoms with Crippen LogP contribution >= 0.6 is 31.9 Å². The number of aliphatic imine (C=N–C) groups is 2. The van der Waals surface area contributed by atoms with Gasteiger partial charge in [-0.15, -0.1) is 0 Å². The Hall–Kier alpha value is -2.22. The molecule has 2 aromatic carbocycles. The molecule has 0 unspecified atom stereocenters. The first-order valence-corrected chi connectivity index (χ1v) is 12.5. The van der Waals surface area contributed by atoms with E-state index in [1.165, 1.54) is 26.0 Å². The van der Waals surface area contributed by atoms with Gasteiger partial charge in [-0.2, -0.15) is 0 Å². The fraction of sp³-hybridized carbons (Fsp3) is 0.417. The van der Waals surface area contributed by atoms with Gasteiger partial charge in [0.05, 0.1) is 0 Å². The molecule has 0 radical (unpaired) electrons. The molecule has 4 atom stereocenters. The van der Waals surface area contributed by atoms with Gasteiger partial charge in [-0.05, 0) is 36.4 Å². The molecular weight excluding hydrogens is 660 g/mol. The maximum absolute atomic E-state index is 14.0. The van der Waals surface area contributed by atoms with Crippen LogP contribution in [-0.4, -0.2) is 50.2 Å². The first-order chi connectivity index (χ1) is 17.7. The summed E-state index contributed by atoms with van der Waals surface area (Å²) in [5, 5.41) is 0. The second-order valence-electron chi connectivity index (χ2n) is 8.32. The summed E-state index contributed by atoms with van der Waals surface area (Å²) in [6, 6.07) is 6.93. The highest BCUT2D eigenvalue weighted by atomic mass is 79.9. The predicted molar refractivity (Wildman–Crippen MR) is 131 cm³/mol. The van der Waals surface area contributed by atoms with E-state index in [0.717, 1.165) is 24.3 Å². The third kappa shape index (κ3) is 5.70.